The number of hydrogen-bond acceptors (Lipinski definition) is 7. The fourth-order valence-electron chi connectivity index (χ4n) is 7.23. The third kappa shape index (κ3) is 4.32. The molecule has 6 rings (SSSR count). The molecule has 0 spiro atoms. The van der Waals surface area contributed by atoms with Gasteiger partial charge >= 0.3 is 5.97 Å². The molecule has 2 atom stereocenters. The Kier molecular flexibility index (Phi) is 6.95. The summed E-state index contributed by atoms with van der Waals surface area (Å²) >= 11 is 0. The van der Waals surface area contributed by atoms with Crippen LogP contribution in [0.5, 0.6) is 0 Å². The zero-order valence-electron chi connectivity index (χ0n) is 25.9. The number of aliphatic hydroxyl groups excluding tert-OH is 1. The lowest BCUT2D eigenvalue weighted by molar-refractivity contribution is -0.140. The Bertz CT molecular complexity index is 1680. The van der Waals surface area contributed by atoms with E-state index in [9.17, 15) is 9.90 Å². The minimum absolute atomic E-state index is 0.0447. The van der Waals surface area contributed by atoms with Crippen LogP contribution in [0.2, 0.25) is 0 Å². The fourth-order valence-corrected chi connectivity index (χ4v) is 7.23. The Balaban J connectivity index is 1.60. The lowest BCUT2D eigenvalue weighted by atomic mass is 9.86. The third-order valence-electron chi connectivity index (χ3n) is 9.57. The summed E-state index contributed by atoms with van der Waals surface area (Å²) in [5.74, 6) is 0.576. The van der Waals surface area contributed by atoms with E-state index in [2.05, 4.69) is 65.1 Å². The third-order valence-corrected chi connectivity index (χ3v) is 9.57. The summed E-state index contributed by atoms with van der Waals surface area (Å²) in [5, 5.41) is 15.0. The minimum Gasteiger partial charge on any atom is -0.511 e. The Morgan fingerprint density at radius 2 is 1.76 bits per heavy atom. The van der Waals surface area contributed by atoms with E-state index < -0.39 is 0 Å². The van der Waals surface area contributed by atoms with E-state index in [1.807, 2.05) is 6.92 Å². The monoisotopic (exact) mass is 564 g/mol. The first-order valence-electron chi connectivity index (χ1n) is 15.1. The van der Waals surface area contributed by atoms with Crippen LogP contribution in [0.1, 0.15) is 74.1 Å². The second-order valence-corrected chi connectivity index (χ2v) is 12.3. The number of ether oxygens (including phenoxy) is 1. The van der Waals surface area contributed by atoms with Gasteiger partial charge in [0.25, 0.3) is 0 Å². The van der Waals surface area contributed by atoms with Crippen LogP contribution in [0, 0.1) is 17.8 Å². The molecule has 5 heterocycles. The largest absolute Gasteiger partial charge is 0.511 e. The Morgan fingerprint density at radius 1 is 1.05 bits per heavy atom. The van der Waals surface area contributed by atoms with Crippen LogP contribution >= 0.6 is 0 Å². The van der Waals surface area contributed by atoms with E-state index >= 15 is 0 Å². The number of hydrogen-bond donors (Lipinski definition) is 2. The molecule has 0 amide bonds. The van der Waals surface area contributed by atoms with Crippen molar-refractivity contribution in [2.24, 2.45) is 32.7 Å². The molecule has 5 aliphatic heterocycles. The van der Waals surface area contributed by atoms with Crippen molar-refractivity contribution in [1.82, 2.24) is 5.32 Å². The number of rotatable bonds is 5. The summed E-state index contributed by atoms with van der Waals surface area (Å²) in [7, 11) is 1.43. The predicted molar refractivity (Wildman–Crippen MR) is 168 cm³/mol. The summed E-state index contributed by atoms with van der Waals surface area (Å²) in [6.45, 7) is 15.1. The van der Waals surface area contributed by atoms with Crippen molar-refractivity contribution >= 4 is 23.1 Å². The molecule has 0 unspecified atom stereocenters. The van der Waals surface area contributed by atoms with Gasteiger partial charge in [-0.1, -0.05) is 27.7 Å². The summed E-state index contributed by atoms with van der Waals surface area (Å²) < 4.78 is 4.99. The van der Waals surface area contributed by atoms with E-state index in [0.29, 0.717) is 30.9 Å². The van der Waals surface area contributed by atoms with Gasteiger partial charge in [0.2, 0.25) is 0 Å². The van der Waals surface area contributed by atoms with Crippen molar-refractivity contribution in [2.45, 2.75) is 74.1 Å². The van der Waals surface area contributed by atoms with Crippen LogP contribution in [0.4, 0.5) is 0 Å². The zero-order valence-corrected chi connectivity index (χ0v) is 25.9. The number of nitrogens with zero attached hydrogens (tertiary/aromatic N) is 3. The molecule has 6 aliphatic rings. The van der Waals surface area contributed by atoms with Crippen molar-refractivity contribution in [2.75, 3.05) is 7.11 Å². The summed E-state index contributed by atoms with van der Waals surface area (Å²) in [5.41, 5.74) is 15.1. The highest BCUT2D eigenvalue weighted by Crippen LogP contribution is 2.46. The second-order valence-electron chi connectivity index (χ2n) is 12.3. The van der Waals surface area contributed by atoms with E-state index in [1.165, 1.54) is 29.4 Å². The lowest BCUT2D eigenvalue weighted by Gasteiger charge is -2.17. The van der Waals surface area contributed by atoms with E-state index in [4.69, 9.17) is 19.7 Å². The van der Waals surface area contributed by atoms with Crippen LogP contribution < -0.4 is 5.32 Å². The first-order chi connectivity index (χ1) is 20.0. The first kappa shape index (κ1) is 28.1. The molecule has 2 N–H and O–H groups in total. The maximum Gasteiger partial charge on any atom is 0.305 e. The smallest absolute Gasteiger partial charge is 0.305 e. The average molecular weight is 565 g/mol. The van der Waals surface area contributed by atoms with Gasteiger partial charge < -0.3 is 15.2 Å². The molecule has 8 bridgehead atoms. The first-order valence-corrected chi connectivity index (χ1v) is 15.1. The summed E-state index contributed by atoms with van der Waals surface area (Å²) in [4.78, 5) is 27.6. The van der Waals surface area contributed by atoms with Gasteiger partial charge in [-0.25, -0.2) is 15.0 Å². The van der Waals surface area contributed by atoms with Gasteiger partial charge in [0.1, 0.15) is 5.76 Å². The fraction of sp³-hybridized carbons (Fsp3) is 0.429. The minimum atomic E-state index is -0.221. The van der Waals surface area contributed by atoms with Crippen LogP contribution in [-0.4, -0.2) is 35.3 Å². The van der Waals surface area contributed by atoms with E-state index in [1.54, 1.807) is 0 Å². The van der Waals surface area contributed by atoms with Crippen molar-refractivity contribution in [3.8, 4) is 0 Å². The summed E-state index contributed by atoms with van der Waals surface area (Å²) in [6.07, 6.45) is 8.61. The number of methoxy groups -OCH3 is 1. The van der Waals surface area contributed by atoms with Crippen LogP contribution in [0.15, 0.2) is 106 Å². The molecular formula is C35H40N4O3. The molecule has 0 aromatic carbocycles. The number of esters is 1. The van der Waals surface area contributed by atoms with Crippen LogP contribution in [-0.2, 0) is 9.53 Å². The maximum absolute atomic E-state index is 12.2. The second kappa shape index (κ2) is 10.4. The molecule has 218 valence electrons. The van der Waals surface area contributed by atoms with Crippen molar-refractivity contribution in [3.63, 3.8) is 0 Å². The quantitative estimate of drug-likeness (QED) is 0.343. The number of aliphatic imine (C=N–C) groups is 3. The highest BCUT2D eigenvalue weighted by molar-refractivity contribution is 6.21. The molecule has 7 heteroatoms. The van der Waals surface area contributed by atoms with Gasteiger partial charge in [0.15, 0.2) is 0 Å². The molecule has 0 aromatic heterocycles. The van der Waals surface area contributed by atoms with Gasteiger partial charge in [-0.2, -0.15) is 0 Å². The molecule has 0 radical (unpaired) electrons. The van der Waals surface area contributed by atoms with Gasteiger partial charge in [-0.3, -0.25) is 4.79 Å². The van der Waals surface area contributed by atoms with Gasteiger partial charge in [0.05, 0.1) is 41.3 Å². The molecule has 7 nitrogen and oxygen atoms in total. The van der Waals surface area contributed by atoms with Crippen molar-refractivity contribution in [1.29, 1.82) is 0 Å². The van der Waals surface area contributed by atoms with E-state index in [0.717, 1.165) is 68.8 Å². The van der Waals surface area contributed by atoms with Crippen molar-refractivity contribution in [3.05, 3.63) is 91.5 Å². The number of nitrogens with one attached hydrogen (secondary N) is 1. The molecule has 0 saturated carbocycles. The molecule has 1 saturated heterocycles. The average Bonchev–Trinajstić information content (AvgIpc) is 3.70. The van der Waals surface area contributed by atoms with Gasteiger partial charge in [-0.05, 0) is 85.6 Å². The highest BCUT2D eigenvalue weighted by atomic mass is 16.5. The van der Waals surface area contributed by atoms with Gasteiger partial charge in [0, 0.05) is 47.2 Å². The zero-order chi connectivity index (χ0) is 30.0. The number of fused-ring (bicyclic) bond motifs is 5. The van der Waals surface area contributed by atoms with Crippen LogP contribution in [0.25, 0.3) is 0 Å². The molecule has 1 aliphatic carbocycles. The van der Waals surface area contributed by atoms with Crippen LogP contribution in [0.3, 0.4) is 0 Å². The molecule has 42 heavy (non-hydrogen) atoms. The number of carbonyl (C=O) groups excluding carboxylic acids is 1. The SMILES string of the molecule is CCC1=C(C)C2=NC1=CC1=C(C)C3=C(O)CC(=C4NC(=CC5=NC(=C2)C(C(C)C)=C5C)[C@@H](C)[C@@H]4CCC(=O)OC)C3=N1. The summed E-state index contributed by atoms with van der Waals surface area (Å²) in [6, 6.07) is 0. The molecule has 1 fully saturated rings. The standard InChI is InChI=1S/C35H40N4O3/c1-9-21-17(4)24-15-29-32(16(2)3)19(6)26(37-29)13-25-18(5)22(10-11-31(41)42-8)34(38-25)23-12-30(40)33-20(7)27(39-35(23)33)14-28(21)36-24/h13-16,18,22,38,40H,9-12H2,1-8H3/t18-,22-/m0/s1. The number of aliphatic hydroxyl groups is 1. The lowest BCUT2D eigenvalue weighted by Crippen LogP contribution is -2.16. The highest BCUT2D eigenvalue weighted by Gasteiger charge is 2.41. The topological polar surface area (TPSA) is 95.6 Å². The molecule has 0 aromatic rings. The van der Waals surface area contributed by atoms with Crippen molar-refractivity contribution < 1.29 is 14.6 Å². The Labute approximate surface area is 248 Å². The maximum atomic E-state index is 12.2. The normalized spacial score (nSPS) is 24.9. The number of carbonyl (C=O) groups is 1. The predicted octanol–water partition coefficient (Wildman–Crippen LogP) is 7.27. The Hall–Kier alpha value is -4.00. The molecular weight excluding hydrogens is 524 g/mol. The Morgan fingerprint density at radius 3 is 2.45 bits per heavy atom. The van der Waals surface area contributed by atoms with E-state index in [-0.39, 0.29) is 17.8 Å². The van der Waals surface area contributed by atoms with Gasteiger partial charge in [-0.15, -0.1) is 0 Å². The number of allylic oxidation sites excluding steroid dienone is 12.